The molecule has 4 heteroatoms. The van der Waals surface area contributed by atoms with Gasteiger partial charge >= 0.3 is 6.18 Å². The highest BCUT2D eigenvalue weighted by Crippen LogP contribution is 2.37. The summed E-state index contributed by atoms with van der Waals surface area (Å²) in [7, 11) is 0. The van der Waals surface area contributed by atoms with Gasteiger partial charge in [0.25, 0.3) is 0 Å². The van der Waals surface area contributed by atoms with Crippen LogP contribution >= 0.6 is 0 Å². The second-order valence-corrected chi connectivity index (χ2v) is 4.93. The molecule has 0 radical (unpaired) electrons. The van der Waals surface area contributed by atoms with Crippen molar-refractivity contribution in [1.82, 2.24) is 4.90 Å². The predicted molar refractivity (Wildman–Crippen MR) is 52.6 cm³/mol. The van der Waals surface area contributed by atoms with E-state index in [1.165, 1.54) is 19.3 Å². The summed E-state index contributed by atoms with van der Waals surface area (Å²) in [6.45, 7) is 2.72. The molecule has 2 rings (SSSR count). The highest BCUT2D eigenvalue weighted by Gasteiger charge is 2.36. The van der Waals surface area contributed by atoms with E-state index in [1.54, 1.807) is 0 Å². The Labute approximate surface area is 88.6 Å². The third-order valence-electron chi connectivity index (χ3n) is 3.74. The Morgan fingerprint density at radius 2 is 1.67 bits per heavy atom. The SMILES string of the molecule is FC(F)(F)CCCN1CC2CCCC2C1. The Balaban J connectivity index is 1.65. The van der Waals surface area contributed by atoms with Gasteiger partial charge in [0.15, 0.2) is 0 Å². The van der Waals surface area contributed by atoms with Gasteiger partial charge in [-0.25, -0.2) is 0 Å². The lowest BCUT2D eigenvalue weighted by atomic mass is 10.0. The van der Waals surface area contributed by atoms with E-state index < -0.39 is 12.6 Å². The van der Waals surface area contributed by atoms with E-state index in [1.807, 2.05) is 0 Å². The van der Waals surface area contributed by atoms with Crippen LogP contribution in [0.5, 0.6) is 0 Å². The van der Waals surface area contributed by atoms with Crippen LogP contribution < -0.4 is 0 Å². The first-order valence-corrected chi connectivity index (χ1v) is 5.84. The molecule has 1 saturated carbocycles. The molecule has 1 aliphatic carbocycles. The molecular formula is C11H18F3N. The van der Waals surface area contributed by atoms with E-state index >= 15 is 0 Å². The first-order valence-electron chi connectivity index (χ1n) is 5.84. The second-order valence-electron chi connectivity index (χ2n) is 4.93. The van der Waals surface area contributed by atoms with Gasteiger partial charge in [0.2, 0.25) is 0 Å². The second kappa shape index (κ2) is 4.32. The fraction of sp³-hybridized carbons (Fsp3) is 1.00. The van der Waals surface area contributed by atoms with E-state index in [9.17, 15) is 13.2 Å². The summed E-state index contributed by atoms with van der Waals surface area (Å²) in [6, 6.07) is 0. The van der Waals surface area contributed by atoms with E-state index in [0.29, 0.717) is 6.54 Å². The summed E-state index contributed by atoms with van der Waals surface area (Å²) >= 11 is 0. The molecule has 1 heterocycles. The highest BCUT2D eigenvalue weighted by molar-refractivity contribution is 4.88. The molecule has 0 aromatic heterocycles. The maximum Gasteiger partial charge on any atom is 0.389 e. The zero-order valence-electron chi connectivity index (χ0n) is 8.89. The largest absolute Gasteiger partial charge is 0.389 e. The van der Waals surface area contributed by atoms with Gasteiger partial charge in [-0.2, -0.15) is 13.2 Å². The molecule has 0 N–H and O–H groups in total. The summed E-state index contributed by atoms with van der Waals surface area (Å²) in [5.41, 5.74) is 0. The van der Waals surface area contributed by atoms with Crippen molar-refractivity contribution in [3.63, 3.8) is 0 Å². The lowest BCUT2D eigenvalue weighted by Gasteiger charge is -2.16. The fourth-order valence-electron chi connectivity index (χ4n) is 3.02. The Morgan fingerprint density at radius 1 is 1.07 bits per heavy atom. The van der Waals surface area contributed by atoms with E-state index in [-0.39, 0.29) is 6.42 Å². The van der Waals surface area contributed by atoms with E-state index in [0.717, 1.165) is 24.9 Å². The van der Waals surface area contributed by atoms with Gasteiger partial charge in [0, 0.05) is 19.5 Å². The van der Waals surface area contributed by atoms with E-state index in [4.69, 9.17) is 0 Å². The van der Waals surface area contributed by atoms with E-state index in [2.05, 4.69) is 4.90 Å². The van der Waals surface area contributed by atoms with Gasteiger partial charge < -0.3 is 4.90 Å². The van der Waals surface area contributed by atoms with Crippen LogP contribution in [0.1, 0.15) is 32.1 Å². The summed E-state index contributed by atoms with van der Waals surface area (Å²) in [5.74, 6) is 1.58. The molecule has 1 aliphatic heterocycles. The van der Waals surface area contributed by atoms with Crippen LogP contribution in [0.15, 0.2) is 0 Å². The van der Waals surface area contributed by atoms with Crippen molar-refractivity contribution in [2.24, 2.45) is 11.8 Å². The van der Waals surface area contributed by atoms with Gasteiger partial charge in [-0.15, -0.1) is 0 Å². The van der Waals surface area contributed by atoms with Crippen molar-refractivity contribution in [2.45, 2.75) is 38.3 Å². The third kappa shape index (κ3) is 3.10. The quantitative estimate of drug-likeness (QED) is 0.708. The van der Waals surface area contributed by atoms with Crippen LogP contribution in [-0.2, 0) is 0 Å². The topological polar surface area (TPSA) is 3.24 Å². The lowest BCUT2D eigenvalue weighted by molar-refractivity contribution is -0.136. The highest BCUT2D eigenvalue weighted by atomic mass is 19.4. The van der Waals surface area contributed by atoms with Gasteiger partial charge in [-0.1, -0.05) is 6.42 Å². The van der Waals surface area contributed by atoms with Crippen molar-refractivity contribution >= 4 is 0 Å². The molecular weight excluding hydrogens is 203 g/mol. The number of nitrogens with zero attached hydrogens (tertiary/aromatic N) is 1. The molecule has 0 aromatic rings. The van der Waals surface area contributed by atoms with Gasteiger partial charge in [0.1, 0.15) is 0 Å². The molecule has 2 aliphatic rings. The van der Waals surface area contributed by atoms with Crippen molar-refractivity contribution in [3.8, 4) is 0 Å². The molecule has 0 amide bonds. The maximum absolute atomic E-state index is 11.9. The van der Waals surface area contributed by atoms with Crippen molar-refractivity contribution < 1.29 is 13.2 Å². The fourth-order valence-corrected chi connectivity index (χ4v) is 3.02. The minimum atomic E-state index is -3.98. The lowest BCUT2D eigenvalue weighted by Crippen LogP contribution is -2.24. The first kappa shape index (κ1) is 11.2. The average molecular weight is 221 g/mol. The van der Waals surface area contributed by atoms with Gasteiger partial charge in [-0.05, 0) is 37.6 Å². The molecule has 88 valence electrons. The molecule has 0 aromatic carbocycles. The van der Waals surface area contributed by atoms with Gasteiger partial charge in [-0.3, -0.25) is 0 Å². The molecule has 2 atom stereocenters. The van der Waals surface area contributed by atoms with Gasteiger partial charge in [0.05, 0.1) is 0 Å². The Bertz CT molecular complexity index is 202. The van der Waals surface area contributed by atoms with Crippen LogP contribution in [0, 0.1) is 11.8 Å². The average Bonchev–Trinajstić information content (AvgIpc) is 2.60. The summed E-state index contributed by atoms with van der Waals surface area (Å²) < 4.78 is 35.8. The maximum atomic E-state index is 11.9. The molecule has 2 unspecified atom stereocenters. The van der Waals surface area contributed by atoms with Crippen molar-refractivity contribution in [1.29, 1.82) is 0 Å². The van der Waals surface area contributed by atoms with Crippen LogP contribution in [0.4, 0.5) is 13.2 Å². The summed E-state index contributed by atoms with van der Waals surface area (Å²) in [6.07, 6.45) is -0.427. The van der Waals surface area contributed by atoms with Crippen LogP contribution in [0.2, 0.25) is 0 Å². The smallest absolute Gasteiger partial charge is 0.303 e. The number of hydrogen-bond donors (Lipinski definition) is 0. The Morgan fingerprint density at radius 3 is 2.20 bits per heavy atom. The minimum Gasteiger partial charge on any atom is -0.303 e. The molecule has 0 spiro atoms. The van der Waals surface area contributed by atoms with Crippen LogP contribution in [0.3, 0.4) is 0 Å². The number of likely N-dealkylation sites (tertiary alicyclic amines) is 1. The molecule has 15 heavy (non-hydrogen) atoms. The number of rotatable bonds is 3. The predicted octanol–water partition coefficient (Wildman–Crippen LogP) is 3.06. The third-order valence-corrected chi connectivity index (χ3v) is 3.74. The molecule has 0 bridgehead atoms. The zero-order chi connectivity index (χ0) is 10.9. The molecule has 1 nitrogen and oxygen atoms in total. The summed E-state index contributed by atoms with van der Waals surface area (Å²) in [4.78, 5) is 2.22. The zero-order valence-corrected chi connectivity index (χ0v) is 8.89. The monoisotopic (exact) mass is 221 g/mol. The summed E-state index contributed by atoms with van der Waals surface area (Å²) in [5, 5.41) is 0. The number of alkyl halides is 3. The molecule has 1 saturated heterocycles. The number of hydrogen-bond acceptors (Lipinski definition) is 1. The normalized spacial score (nSPS) is 32.2. The van der Waals surface area contributed by atoms with Crippen molar-refractivity contribution in [2.75, 3.05) is 19.6 Å². The number of fused-ring (bicyclic) bond motifs is 1. The van der Waals surface area contributed by atoms with Crippen molar-refractivity contribution in [3.05, 3.63) is 0 Å². The Hall–Kier alpha value is -0.250. The standard InChI is InChI=1S/C11H18F3N/c12-11(13,14)5-2-6-15-7-9-3-1-4-10(9)8-15/h9-10H,1-8H2. The minimum absolute atomic E-state index is 0.267. The first-order chi connectivity index (χ1) is 7.04. The molecule has 2 fully saturated rings. The van der Waals surface area contributed by atoms with Crippen LogP contribution in [0.25, 0.3) is 0 Å². The Kier molecular flexibility index (Phi) is 3.24. The number of halogens is 3. The van der Waals surface area contributed by atoms with Crippen LogP contribution in [-0.4, -0.2) is 30.7 Å².